The molecule has 0 fully saturated rings. The number of amides is 1. The average molecular weight is 401 g/mol. The molecule has 0 radical (unpaired) electrons. The molecule has 0 saturated heterocycles. The number of guanidine groups is 1. The van der Waals surface area contributed by atoms with E-state index in [2.05, 4.69) is 4.99 Å². The number of benzene rings is 2. The van der Waals surface area contributed by atoms with Crippen LogP contribution in [0.15, 0.2) is 41.4 Å². The number of fused-ring (bicyclic) bond motifs is 2. The molecule has 0 saturated carbocycles. The number of carbonyl (C=O) groups excluding carboxylic acids is 1. The summed E-state index contributed by atoms with van der Waals surface area (Å²) >= 11 is 0. The standard InChI is InChI=1S/C21H21F2N3O3/c1-26-19(27)21(25-20(26)24)8-2-3-9-28-12-29-18-7-5-13(10-15(18)21)14-4-6-16(22)17(23)11-14/h4-7,10-11H,2-3,8-9,12H2,1H3,(H2,24,25). The molecule has 0 bridgehead atoms. The first kappa shape index (κ1) is 19.3. The summed E-state index contributed by atoms with van der Waals surface area (Å²) in [6.45, 7) is 0.554. The lowest BCUT2D eigenvalue weighted by molar-refractivity contribution is -0.131. The number of ether oxygens (including phenoxy) is 2. The largest absolute Gasteiger partial charge is 0.467 e. The van der Waals surface area contributed by atoms with Crippen LogP contribution >= 0.6 is 0 Å². The van der Waals surface area contributed by atoms with E-state index in [9.17, 15) is 13.6 Å². The highest BCUT2D eigenvalue weighted by Crippen LogP contribution is 2.44. The minimum Gasteiger partial charge on any atom is -0.467 e. The zero-order chi connectivity index (χ0) is 20.6. The second kappa shape index (κ2) is 7.44. The summed E-state index contributed by atoms with van der Waals surface area (Å²) < 4.78 is 38.4. The molecule has 1 atom stereocenters. The van der Waals surface area contributed by atoms with Crippen LogP contribution in [0.4, 0.5) is 8.78 Å². The van der Waals surface area contributed by atoms with E-state index in [0.717, 1.165) is 18.6 Å². The molecule has 2 heterocycles. The van der Waals surface area contributed by atoms with Crippen LogP contribution in [0.1, 0.15) is 24.8 Å². The number of nitrogens with two attached hydrogens (primary N) is 1. The summed E-state index contributed by atoms with van der Waals surface area (Å²) in [6, 6.07) is 8.82. The van der Waals surface area contributed by atoms with Crippen molar-refractivity contribution in [2.24, 2.45) is 10.7 Å². The van der Waals surface area contributed by atoms with Crippen LogP contribution < -0.4 is 10.5 Å². The highest BCUT2D eigenvalue weighted by atomic mass is 19.2. The Kier molecular flexibility index (Phi) is 4.96. The second-order valence-electron chi connectivity index (χ2n) is 7.16. The van der Waals surface area contributed by atoms with Crippen molar-refractivity contribution >= 4 is 11.9 Å². The maximum atomic E-state index is 13.8. The minimum atomic E-state index is -1.22. The molecular formula is C21H21F2N3O3. The Morgan fingerprint density at radius 1 is 1.10 bits per heavy atom. The van der Waals surface area contributed by atoms with Gasteiger partial charge >= 0.3 is 0 Å². The Morgan fingerprint density at radius 3 is 2.59 bits per heavy atom. The first-order valence-corrected chi connectivity index (χ1v) is 9.36. The molecule has 6 nitrogen and oxygen atoms in total. The fraction of sp³-hybridized carbons (Fsp3) is 0.333. The molecule has 1 spiro atoms. The summed E-state index contributed by atoms with van der Waals surface area (Å²) in [4.78, 5) is 19.1. The van der Waals surface area contributed by atoms with Crippen molar-refractivity contribution in [2.45, 2.75) is 24.8 Å². The molecule has 2 aromatic carbocycles. The number of halogens is 2. The number of hydrogen-bond donors (Lipinski definition) is 1. The van der Waals surface area contributed by atoms with Crippen LogP contribution in [0.5, 0.6) is 5.75 Å². The van der Waals surface area contributed by atoms with Crippen molar-refractivity contribution in [1.29, 1.82) is 0 Å². The van der Waals surface area contributed by atoms with Crippen LogP contribution in [0.2, 0.25) is 0 Å². The predicted octanol–water partition coefficient (Wildman–Crippen LogP) is 3.15. The van der Waals surface area contributed by atoms with Gasteiger partial charge in [0.2, 0.25) is 0 Å². The molecule has 152 valence electrons. The number of rotatable bonds is 1. The fourth-order valence-corrected chi connectivity index (χ4v) is 3.76. The predicted molar refractivity (Wildman–Crippen MR) is 103 cm³/mol. The third kappa shape index (κ3) is 3.33. The molecule has 29 heavy (non-hydrogen) atoms. The average Bonchev–Trinajstić information content (AvgIpc) is 2.94. The molecule has 1 amide bonds. The van der Waals surface area contributed by atoms with Gasteiger partial charge < -0.3 is 15.2 Å². The molecule has 2 aliphatic heterocycles. The molecule has 4 rings (SSSR count). The van der Waals surface area contributed by atoms with Gasteiger partial charge in [-0.2, -0.15) is 0 Å². The van der Waals surface area contributed by atoms with Crippen LogP contribution in [-0.4, -0.2) is 37.2 Å². The third-order valence-corrected chi connectivity index (χ3v) is 5.36. The van der Waals surface area contributed by atoms with Gasteiger partial charge in [0.15, 0.2) is 29.9 Å². The van der Waals surface area contributed by atoms with Gasteiger partial charge in [-0.1, -0.05) is 12.1 Å². The Morgan fingerprint density at radius 2 is 1.86 bits per heavy atom. The second-order valence-corrected chi connectivity index (χ2v) is 7.16. The van der Waals surface area contributed by atoms with Gasteiger partial charge in [0.1, 0.15) is 5.75 Å². The van der Waals surface area contributed by atoms with Gasteiger partial charge in [0.25, 0.3) is 5.91 Å². The highest BCUT2D eigenvalue weighted by molar-refractivity contribution is 6.07. The van der Waals surface area contributed by atoms with Gasteiger partial charge in [-0.3, -0.25) is 9.69 Å². The first-order chi connectivity index (χ1) is 13.9. The summed E-state index contributed by atoms with van der Waals surface area (Å²) in [7, 11) is 1.58. The topological polar surface area (TPSA) is 77.2 Å². The summed E-state index contributed by atoms with van der Waals surface area (Å²) in [5.74, 6) is -1.54. The molecule has 0 aromatic heterocycles. The maximum absolute atomic E-state index is 13.8. The van der Waals surface area contributed by atoms with Crippen molar-refractivity contribution in [2.75, 3.05) is 20.4 Å². The Bertz CT molecular complexity index is 995. The summed E-state index contributed by atoms with van der Waals surface area (Å²) in [5, 5.41) is 0. The first-order valence-electron chi connectivity index (χ1n) is 9.36. The number of carbonyl (C=O) groups is 1. The number of hydrogen-bond acceptors (Lipinski definition) is 5. The molecule has 1 unspecified atom stereocenters. The lowest BCUT2D eigenvalue weighted by Crippen LogP contribution is -2.41. The molecular weight excluding hydrogens is 380 g/mol. The Labute approximate surface area is 166 Å². The van der Waals surface area contributed by atoms with Crippen LogP contribution in [-0.2, 0) is 15.1 Å². The monoisotopic (exact) mass is 401 g/mol. The van der Waals surface area contributed by atoms with Gasteiger partial charge in [-0.05, 0) is 54.7 Å². The lowest BCUT2D eigenvalue weighted by atomic mass is 9.82. The molecule has 0 aliphatic carbocycles. The van der Waals surface area contributed by atoms with Crippen molar-refractivity contribution in [3.63, 3.8) is 0 Å². The van der Waals surface area contributed by atoms with Gasteiger partial charge in [-0.25, -0.2) is 13.8 Å². The van der Waals surface area contributed by atoms with E-state index in [0.29, 0.717) is 41.9 Å². The summed E-state index contributed by atoms with van der Waals surface area (Å²) in [6.07, 6.45) is 1.87. The van der Waals surface area contributed by atoms with Crippen molar-refractivity contribution in [3.8, 4) is 16.9 Å². The van der Waals surface area contributed by atoms with E-state index in [1.54, 1.807) is 25.2 Å². The van der Waals surface area contributed by atoms with Crippen molar-refractivity contribution < 1.29 is 23.0 Å². The minimum absolute atomic E-state index is 0.0385. The highest BCUT2D eigenvalue weighted by Gasteiger charge is 2.49. The van der Waals surface area contributed by atoms with Crippen LogP contribution in [0, 0.1) is 11.6 Å². The fourth-order valence-electron chi connectivity index (χ4n) is 3.76. The van der Waals surface area contributed by atoms with E-state index < -0.39 is 17.2 Å². The molecule has 2 aromatic rings. The van der Waals surface area contributed by atoms with Gasteiger partial charge in [-0.15, -0.1) is 0 Å². The van der Waals surface area contributed by atoms with Crippen LogP contribution in [0.25, 0.3) is 11.1 Å². The quantitative estimate of drug-likeness (QED) is 0.796. The number of likely N-dealkylation sites (N-methyl/N-ethyl adjacent to an activating group) is 1. The maximum Gasteiger partial charge on any atom is 0.261 e. The smallest absolute Gasteiger partial charge is 0.261 e. The number of nitrogens with zero attached hydrogens (tertiary/aromatic N) is 2. The zero-order valence-corrected chi connectivity index (χ0v) is 16.0. The van der Waals surface area contributed by atoms with Gasteiger partial charge in [0.05, 0.1) is 6.61 Å². The van der Waals surface area contributed by atoms with Crippen molar-refractivity contribution in [1.82, 2.24) is 4.90 Å². The Balaban J connectivity index is 1.89. The Hall–Kier alpha value is -3.00. The van der Waals surface area contributed by atoms with E-state index in [-0.39, 0.29) is 18.7 Å². The normalized spacial score (nSPS) is 22.2. The van der Waals surface area contributed by atoms with Crippen LogP contribution in [0.3, 0.4) is 0 Å². The zero-order valence-electron chi connectivity index (χ0n) is 16.0. The lowest BCUT2D eigenvalue weighted by Gasteiger charge is -2.29. The number of aliphatic imine (C=N–C) groups is 1. The summed E-state index contributed by atoms with van der Waals surface area (Å²) in [5.41, 5.74) is 6.37. The molecule has 2 N–H and O–H groups in total. The van der Waals surface area contributed by atoms with E-state index in [1.165, 1.54) is 11.0 Å². The third-order valence-electron chi connectivity index (χ3n) is 5.36. The van der Waals surface area contributed by atoms with Crippen molar-refractivity contribution in [3.05, 3.63) is 53.6 Å². The SMILES string of the molecule is CN1C(=O)C2(CCCCOCOc3ccc(-c4ccc(F)c(F)c4)cc32)N=C1N. The molecule has 8 heteroatoms. The van der Waals surface area contributed by atoms with E-state index in [1.807, 2.05) is 0 Å². The van der Waals surface area contributed by atoms with E-state index >= 15 is 0 Å². The van der Waals surface area contributed by atoms with E-state index in [4.69, 9.17) is 15.2 Å². The molecule has 2 aliphatic rings. The van der Waals surface area contributed by atoms with Gasteiger partial charge in [0, 0.05) is 12.6 Å².